The van der Waals surface area contributed by atoms with Crippen molar-refractivity contribution in [1.82, 2.24) is 15.0 Å². The number of rotatable bonds is 9. The van der Waals surface area contributed by atoms with E-state index in [1.807, 2.05) is 23.7 Å². The quantitative estimate of drug-likeness (QED) is 0.724. The first-order chi connectivity index (χ1) is 10.7. The number of aryl methyl sites for hydroxylation is 3. The maximum atomic E-state index is 8.87. The summed E-state index contributed by atoms with van der Waals surface area (Å²) in [4.78, 5) is 0. The minimum absolute atomic E-state index is 0.197. The summed E-state index contributed by atoms with van der Waals surface area (Å²) in [5.74, 6) is 0.934. The van der Waals surface area contributed by atoms with Gasteiger partial charge in [-0.2, -0.15) is 0 Å². The van der Waals surface area contributed by atoms with E-state index in [1.54, 1.807) is 0 Å². The number of aliphatic hydroxyl groups excluding tert-OH is 1. The van der Waals surface area contributed by atoms with E-state index in [0.717, 1.165) is 49.4 Å². The molecule has 0 amide bonds. The molecular formula is C17H25N3O2. The molecule has 120 valence electrons. The molecule has 0 radical (unpaired) electrons. The van der Waals surface area contributed by atoms with Crippen molar-refractivity contribution in [3.8, 4) is 5.75 Å². The Kier molecular flexibility index (Phi) is 6.40. The number of hydrogen-bond donors (Lipinski definition) is 1. The molecule has 22 heavy (non-hydrogen) atoms. The van der Waals surface area contributed by atoms with Crippen LogP contribution in [0.3, 0.4) is 0 Å². The molecule has 0 bridgehead atoms. The van der Waals surface area contributed by atoms with Crippen LogP contribution in [0.5, 0.6) is 5.75 Å². The molecule has 0 unspecified atom stereocenters. The monoisotopic (exact) mass is 303 g/mol. The van der Waals surface area contributed by atoms with Crippen LogP contribution in [0.2, 0.25) is 0 Å². The Morgan fingerprint density at radius 2 is 2.05 bits per heavy atom. The van der Waals surface area contributed by atoms with Gasteiger partial charge < -0.3 is 9.84 Å². The summed E-state index contributed by atoms with van der Waals surface area (Å²) in [6.45, 7) is 5.87. The fourth-order valence-electron chi connectivity index (χ4n) is 2.34. The third-order valence-electron chi connectivity index (χ3n) is 3.67. The lowest BCUT2D eigenvalue weighted by Crippen LogP contribution is -2.05. The highest BCUT2D eigenvalue weighted by molar-refractivity contribution is 5.27. The molecule has 5 heteroatoms. The third kappa shape index (κ3) is 4.84. The van der Waals surface area contributed by atoms with Gasteiger partial charge in [-0.25, -0.2) is 4.68 Å². The molecule has 0 saturated heterocycles. The summed E-state index contributed by atoms with van der Waals surface area (Å²) >= 11 is 0. The SMILES string of the molecule is Cc1cccc(OCCCCn2nnc(CCCO)c2C)c1. The maximum absolute atomic E-state index is 8.87. The molecule has 0 spiro atoms. The minimum atomic E-state index is 0.197. The molecule has 2 aromatic rings. The summed E-state index contributed by atoms with van der Waals surface area (Å²) in [5.41, 5.74) is 3.31. The summed E-state index contributed by atoms with van der Waals surface area (Å²) in [6, 6.07) is 8.11. The van der Waals surface area contributed by atoms with Crippen molar-refractivity contribution in [3.05, 3.63) is 41.2 Å². The molecule has 1 aromatic carbocycles. The van der Waals surface area contributed by atoms with Gasteiger partial charge in [0.05, 0.1) is 18.0 Å². The number of benzene rings is 1. The van der Waals surface area contributed by atoms with E-state index >= 15 is 0 Å². The lowest BCUT2D eigenvalue weighted by molar-refractivity contribution is 0.288. The summed E-state index contributed by atoms with van der Waals surface area (Å²) < 4.78 is 7.68. The first-order valence-electron chi connectivity index (χ1n) is 7.90. The van der Waals surface area contributed by atoms with Crippen LogP contribution < -0.4 is 4.74 Å². The van der Waals surface area contributed by atoms with Crippen molar-refractivity contribution in [2.75, 3.05) is 13.2 Å². The lowest BCUT2D eigenvalue weighted by atomic mass is 10.2. The molecule has 0 aliphatic heterocycles. The van der Waals surface area contributed by atoms with E-state index in [0.29, 0.717) is 6.61 Å². The number of aromatic nitrogens is 3. The Morgan fingerprint density at radius 3 is 2.82 bits per heavy atom. The highest BCUT2D eigenvalue weighted by atomic mass is 16.5. The minimum Gasteiger partial charge on any atom is -0.494 e. The van der Waals surface area contributed by atoms with Crippen LogP contribution in [0.4, 0.5) is 0 Å². The van der Waals surface area contributed by atoms with Crippen LogP contribution in [-0.4, -0.2) is 33.3 Å². The molecule has 2 rings (SSSR count). The molecule has 1 aromatic heterocycles. The predicted octanol–water partition coefficient (Wildman–Crippen LogP) is 2.68. The second-order valence-corrected chi connectivity index (χ2v) is 5.54. The van der Waals surface area contributed by atoms with Gasteiger partial charge in [-0.1, -0.05) is 17.3 Å². The molecule has 5 nitrogen and oxygen atoms in total. The highest BCUT2D eigenvalue weighted by Crippen LogP contribution is 2.13. The van der Waals surface area contributed by atoms with Gasteiger partial charge in [0.25, 0.3) is 0 Å². The van der Waals surface area contributed by atoms with Gasteiger partial charge in [-0.3, -0.25) is 0 Å². The molecular weight excluding hydrogens is 278 g/mol. The van der Waals surface area contributed by atoms with E-state index in [4.69, 9.17) is 9.84 Å². The average Bonchev–Trinajstić information content (AvgIpc) is 2.85. The Hall–Kier alpha value is -1.88. The third-order valence-corrected chi connectivity index (χ3v) is 3.67. The van der Waals surface area contributed by atoms with Crippen LogP contribution in [0.25, 0.3) is 0 Å². The second kappa shape index (κ2) is 8.54. The molecule has 1 N–H and O–H groups in total. The topological polar surface area (TPSA) is 60.2 Å². The van der Waals surface area contributed by atoms with E-state index in [-0.39, 0.29) is 6.61 Å². The Bertz CT molecular complexity index is 581. The lowest BCUT2D eigenvalue weighted by Gasteiger charge is -2.07. The average molecular weight is 303 g/mol. The van der Waals surface area contributed by atoms with Gasteiger partial charge >= 0.3 is 0 Å². The van der Waals surface area contributed by atoms with Gasteiger partial charge in [0.15, 0.2) is 0 Å². The number of hydrogen-bond acceptors (Lipinski definition) is 4. The van der Waals surface area contributed by atoms with Crippen molar-refractivity contribution in [2.24, 2.45) is 0 Å². The fraction of sp³-hybridized carbons (Fsp3) is 0.529. The molecule has 0 fully saturated rings. The Labute approximate surface area is 131 Å². The largest absolute Gasteiger partial charge is 0.494 e. The number of aliphatic hydroxyl groups is 1. The van der Waals surface area contributed by atoms with Crippen LogP contribution in [0.1, 0.15) is 36.2 Å². The molecule has 0 saturated carbocycles. The normalized spacial score (nSPS) is 10.9. The zero-order valence-corrected chi connectivity index (χ0v) is 13.5. The van der Waals surface area contributed by atoms with Crippen LogP contribution >= 0.6 is 0 Å². The van der Waals surface area contributed by atoms with Gasteiger partial charge in [-0.15, -0.1) is 5.10 Å². The number of ether oxygens (including phenoxy) is 1. The molecule has 1 heterocycles. The van der Waals surface area contributed by atoms with Crippen molar-refractivity contribution in [1.29, 1.82) is 0 Å². The van der Waals surface area contributed by atoms with Gasteiger partial charge in [0.2, 0.25) is 0 Å². The van der Waals surface area contributed by atoms with Crippen molar-refractivity contribution in [2.45, 2.75) is 46.1 Å². The first-order valence-corrected chi connectivity index (χ1v) is 7.90. The van der Waals surface area contributed by atoms with Crippen molar-refractivity contribution < 1.29 is 9.84 Å². The fourth-order valence-corrected chi connectivity index (χ4v) is 2.34. The summed E-state index contributed by atoms with van der Waals surface area (Å²) in [5, 5.41) is 17.2. The second-order valence-electron chi connectivity index (χ2n) is 5.54. The first kappa shape index (κ1) is 16.5. The van der Waals surface area contributed by atoms with Crippen LogP contribution in [0.15, 0.2) is 24.3 Å². The maximum Gasteiger partial charge on any atom is 0.119 e. The zero-order chi connectivity index (χ0) is 15.8. The van der Waals surface area contributed by atoms with Gasteiger partial charge in [-0.05, 0) is 57.2 Å². The van der Waals surface area contributed by atoms with Crippen molar-refractivity contribution in [3.63, 3.8) is 0 Å². The zero-order valence-electron chi connectivity index (χ0n) is 13.5. The molecule has 0 aliphatic rings. The van der Waals surface area contributed by atoms with E-state index in [9.17, 15) is 0 Å². The molecule has 0 atom stereocenters. The summed E-state index contributed by atoms with van der Waals surface area (Å²) in [6.07, 6.45) is 3.53. The Morgan fingerprint density at radius 1 is 1.18 bits per heavy atom. The number of unbranched alkanes of at least 4 members (excludes halogenated alkanes) is 1. The van der Waals surface area contributed by atoms with E-state index in [2.05, 4.69) is 29.4 Å². The molecule has 0 aliphatic carbocycles. The van der Waals surface area contributed by atoms with E-state index in [1.165, 1.54) is 5.56 Å². The van der Waals surface area contributed by atoms with Gasteiger partial charge in [0, 0.05) is 13.2 Å². The smallest absolute Gasteiger partial charge is 0.119 e. The Balaban J connectivity index is 1.69. The number of nitrogens with zero attached hydrogens (tertiary/aromatic N) is 3. The predicted molar refractivity (Wildman–Crippen MR) is 86.1 cm³/mol. The standard InChI is InChI=1S/C17H25N3O2/c1-14-7-5-8-16(13-14)22-12-4-3-10-20-15(2)17(18-19-20)9-6-11-21/h5,7-8,13,21H,3-4,6,9-12H2,1-2H3. The highest BCUT2D eigenvalue weighted by Gasteiger charge is 2.07. The van der Waals surface area contributed by atoms with Crippen LogP contribution in [-0.2, 0) is 13.0 Å². The van der Waals surface area contributed by atoms with Gasteiger partial charge in [0.1, 0.15) is 5.75 Å². The van der Waals surface area contributed by atoms with Crippen LogP contribution in [0, 0.1) is 13.8 Å². The van der Waals surface area contributed by atoms with Crippen molar-refractivity contribution >= 4 is 0 Å². The summed E-state index contributed by atoms with van der Waals surface area (Å²) in [7, 11) is 0. The van der Waals surface area contributed by atoms with E-state index < -0.39 is 0 Å².